The summed E-state index contributed by atoms with van der Waals surface area (Å²) in [5.74, 6) is 0.694. The smallest absolute Gasteiger partial charge is 0.241 e. The number of amides is 1. The van der Waals surface area contributed by atoms with Crippen LogP contribution in [0.1, 0.15) is 24.8 Å². The number of ether oxygens (including phenoxy) is 1. The van der Waals surface area contributed by atoms with Crippen LogP contribution in [0.25, 0.3) is 0 Å². The van der Waals surface area contributed by atoms with Gasteiger partial charge in [0.25, 0.3) is 0 Å². The zero-order valence-electron chi connectivity index (χ0n) is 11.3. The molecule has 1 saturated heterocycles. The fraction of sp³-hybridized carbons (Fsp3) is 0.500. The Morgan fingerprint density at radius 3 is 2.89 bits per heavy atom. The van der Waals surface area contributed by atoms with Crippen LogP contribution in [0.3, 0.4) is 0 Å². The number of hydrogen-bond donors (Lipinski definition) is 2. The van der Waals surface area contributed by atoms with Gasteiger partial charge >= 0.3 is 0 Å². The van der Waals surface area contributed by atoms with Gasteiger partial charge < -0.3 is 15.4 Å². The fourth-order valence-electron chi connectivity index (χ4n) is 2.32. The van der Waals surface area contributed by atoms with Crippen LogP contribution < -0.4 is 15.4 Å². The van der Waals surface area contributed by atoms with Crippen LogP contribution in [0.4, 0.5) is 5.69 Å². The molecule has 0 spiro atoms. The predicted molar refractivity (Wildman–Crippen MR) is 79.7 cm³/mol. The van der Waals surface area contributed by atoms with Crippen LogP contribution >= 0.6 is 15.9 Å². The summed E-state index contributed by atoms with van der Waals surface area (Å²) < 4.78 is 6.27. The van der Waals surface area contributed by atoms with Gasteiger partial charge in [-0.3, -0.25) is 4.79 Å². The van der Waals surface area contributed by atoms with Gasteiger partial charge in [-0.1, -0.05) is 22.4 Å². The van der Waals surface area contributed by atoms with E-state index in [0.29, 0.717) is 5.75 Å². The van der Waals surface area contributed by atoms with E-state index in [1.165, 1.54) is 0 Å². The van der Waals surface area contributed by atoms with Crippen molar-refractivity contribution in [2.75, 3.05) is 19.0 Å². The first-order valence-corrected chi connectivity index (χ1v) is 7.29. The third-order valence-electron chi connectivity index (χ3n) is 3.36. The van der Waals surface area contributed by atoms with E-state index in [-0.39, 0.29) is 11.9 Å². The molecule has 104 valence electrons. The van der Waals surface area contributed by atoms with Crippen molar-refractivity contribution in [3.8, 4) is 5.75 Å². The summed E-state index contributed by atoms with van der Waals surface area (Å²) in [5, 5.41) is 6.22. The van der Waals surface area contributed by atoms with Crippen molar-refractivity contribution in [3.05, 3.63) is 22.2 Å². The number of benzene rings is 1. The second-order valence-electron chi connectivity index (χ2n) is 4.79. The van der Waals surface area contributed by atoms with Gasteiger partial charge in [0.15, 0.2) is 0 Å². The van der Waals surface area contributed by atoms with E-state index >= 15 is 0 Å². The Morgan fingerprint density at radius 2 is 2.26 bits per heavy atom. The Labute approximate surface area is 122 Å². The van der Waals surface area contributed by atoms with Crippen molar-refractivity contribution in [1.82, 2.24) is 5.32 Å². The molecule has 5 heteroatoms. The predicted octanol–water partition coefficient (Wildman–Crippen LogP) is 2.85. The Bertz CT molecular complexity index is 471. The van der Waals surface area contributed by atoms with E-state index in [4.69, 9.17) is 4.74 Å². The lowest BCUT2D eigenvalue weighted by atomic mass is 10.0. The van der Waals surface area contributed by atoms with Crippen LogP contribution in [0.15, 0.2) is 16.6 Å². The maximum atomic E-state index is 12.2. The lowest BCUT2D eigenvalue weighted by Gasteiger charge is -2.23. The second kappa shape index (κ2) is 6.39. The Balaban J connectivity index is 2.15. The lowest BCUT2D eigenvalue weighted by molar-refractivity contribution is -0.118. The third kappa shape index (κ3) is 3.48. The minimum Gasteiger partial charge on any atom is -0.495 e. The van der Waals surface area contributed by atoms with Gasteiger partial charge in [-0.25, -0.2) is 0 Å². The monoisotopic (exact) mass is 326 g/mol. The highest BCUT2D eigenvalue weighted by molar-refractivity contribution is 9.10. The molecule has 2 rings (SSSR count). The molecule has 1 amide bonds. The minimum absolute atomic E-state index is 0.0171. The molecule has 0 bridgehead atoms. The van der Waals surface area contributed by atoms with E-state index in [1.54, 1.807) is 7.11 Å². The standard InChI is InChI=1S/C14H19BrN2O2/c1-9-7-10(15)8-12(19-2)13(9)17-14(18)11-5-3-4-6-16-11/h7-8,11,16H,3-6H2,1-2H3,(H,17,18)/t11-/m0/s1. The molecule has 0 radical (unpaired) electrons. The van der Waals surface area contributed by atoms with E-state index in [2.05, 4.69) is 26.6 Å². The van der Waals surface area contributed by atoms with Crippen molar-refractivity contribution in [2.24, 2.45) is 0 Å². The maximum Gasteiger partial charge on any atom is 0.241 e. The summed E-state index contributed by atoms with van der Waals surface area (Å²) in [6.07, 6.45) is 3.13. The number of piperidine rings is 1. The number of nitrogens with one attached hydrogen (secondary N) is 2. The molecule has 1 aliphatic heterocycles. The Kier molecular flexibility index (Phi) is 4.82. The van der Waals surface area contributed by atoms with Crippen LogP contribution in [0.2, 0.25) is 0 Å². The third-order valence-corrected chi connectivity index (χ3v) is 3.82. The first-order valence-electron chi connectivity index (χ1n) is 6.50. The molecule has 1 aromatic rings. The number of hydrogen-bond acceptors (Lipinski definition) is 3. The molecule has 1 fully saturated rings. The topological polar surface area (TPSA) is 50.4 Å². The number of carbonyl (C=O) groups excluding carboxylic acids is 1. The zero-order chi connectivity index (χ0) is 13.8. The van der Waals surface area contributed by atoms with Crippen molar-refractivity contribution >= 4 is 27.5 Å². The van der Waals surface area contributed by atoms with Gasteiger partial charge in [0.1, 0.15) is 5.75 Å². The molecular formula is C14H19BrN2O2. The van der Waals surface area contributed by atoms with Gasteiger partial charge in [0.2, 0.25) is 5.91 Å². The van der Waals surface area contributed by atoms with E-state index < -0.39 is 0 Å². The van der Waals surface area contributed by atoms with E-state index in [0.717, 1.165) is 41.5 Å². The second-order valence-corrected chi connectivity index (χ2v) is 5.71. The average Bonchev–Trinajstić information content (AvgIpc) is 2.42. The maximum absolute atomic E-state index is 12.2. The molecule has 0 saturated carbocycles. The lowest BCUT2D eigenvalue weighted by Crippen LogP contribution is -2.43. The molecule has 2 N–H and O–H groups in total. The highest BCUT2D eigenvalue weighted by Crippen LogP contribution is 2.32. The summed E-state index contributed by atoms with van der Waals surface area (Å²) >= 11 is 3.43. The molecule has 19 heavy (non-hydrogen) atoms. The SMILES string of the molecule is COc1cc(Br)cc(C)c1NC(=O)[C@@H]1CCCCN1. The normalized spacial score (nSPS) is 19.0. The van der Waals surface area contributed by atoms with Gasteiger partial charge in [0, 0.05) is 4.47 Å². The number of halogens is 1. The molecule has 0 unspecified atom stereocenters. The molecule has 1 aliphatic rings. The quantitative estimate of drug-likeness (QED) is 0.898. The van der Waals surface area contributed by atoms with Crippen molar-refractivity contribution < 1.29 is 9.53 Å². The van der Waals surface area contributed by atoms with Crippen LogP contribution in [-0.2, 0) is 4.79 Å². The van der Waals surface area contributed by atoms with Crippen molar-refractivity contribution in [3.63, 3.8) is 0 Å². The number of methoxy groups -OCH3 is 1. The summed E-state index contributed by atoms with van der Waals surface area (Å²) in [4.78, 5) is 12.2. The Hall–Kier alpha value is -1.07. The summed E-state index contributed by atoms with van der Waals surface area (Å²) in [7, 11) is 1.61. The van der Waals surface area contributed by atoms with E-state index in [9.17, 15) is 4.79 Å². The first kappa shape index (κ1) is 14.3. The van der Waals surface area contributed by atoms with Crippen molar-refractivity contribution in [1.29, 1.82) is 0 Å². The molecule has 0 aliphatic carbocycles. The van der Waals surface area contributed by atoms with Gasteiger partial charge in [-0.15, -0.1) is 0 Å². The van der Waals surface area contributed by atoms with Crippen LogP contribution in [0, 0.1) is 6.92 Å². The minimum atomic E-state index is -0.0958. The molecule has 0 aromatic heterocycles. The summed E-state index contributed by atoms with van der Waals surface area (Å²) in [6.45, 7) is 2.87. The average molecular weight is 327 g/mol. The van der Waals surface area contributed by atoms with Gasteiger partial charge in [0.05, 0.1) is 18.8 Å². The van der Waals surface area contributed by atoms with Crippen LogP contribution in [-0.4, -0.2) is 25.6 Å². The van der Waals surface area contributed by atoms with Crippen molar-refractivity contribution in [2.45, 2.75) is 32.2 Å². The molecular weight excluding hydrogens is 308 g/mol. The van der Waals surface area contributed by atoms with Gasteiger partial charge in [-0.2, -0.15) is 0 Å². The first-order chi connectivity index (χ1) is 9.11. The van der Waals surface area contributed by atoms with Gasteiger partial charge in [-0.05, 0) is 44.0 Å². The zero-order valence-corrected chi connectivity index (χ0v) is 12.8. The molecule has 1 atom stereocenters. The summed E-state index contributed by atoms with van der Waals surface area (Å²) in [6, 6.07) is 3.73. The fourth-order valence-corrected chi connectivity index (χ4v) is 2.87. The number of anilines is 1. The van der Waals surface area contributed by atoms with Crippen LogP contribution in [0.5, 0.6) is 5.75 Å². The largest absolute Gasteiger partial charge is 0.495 e. The molecule has 4 nitrogen and oxygen atoms in total. The Morgan fingerprint density at radius 1 is 1.47 bits per heavy atom. The highest BCUT2D eigenvalue weighted by Gasteiger charge is 2.22. The number of carbonyl (C=O) groups is 1. The molecule has 1 heterocycles. The summed E-state index contributed by atoms with van der Waals surface area (Å²) in [5.41, 5.74) is 1.73. The number of rotatable bonds is 3. The van der Waals surface area contributed by atoms with E-state index in [1.807, 2.05) is 19.1 Å². The number of aryl methyl sites for hydroxylation is 1. The highest BCUT2D eigenvalue weighted by atomic mass is 79.9. The molecule has 1 aromatic carbocycles.